The number of allylic oxidation sites excluding steroid dienone is 1. The summed E-state index contributed by atoms with van der Waals surface area (Å²) in [4.78, 5) is 3.89. The first-order valence-electron chi connectivity index (χ1n) is 2.54. The quantitative estimate of drug-likeness (QED) is 0.398. The lowest BCUT2D eigenvalue weighted by molar-refractivity contribution is 0.319. The maximum atomic E-state index is 4.71. The van der Waals surface area contributed by atoms with Gasteiger partial charge in [0.05, 0.1) is 13.3 Å². The van der Waals surface area contributed by atoms with Gasteiger partial charge in [-0.25, -0.2) is 0 Å². The fourth-order valence-electron chi connectivity index (χ4n) is 0.246. The van der Waals surface area contributed by atoms with Crippen LogP contribution in [0.3, 0.4) is 0 Å². The lowest BCUT2D eigenvalue weighted by Crippen LogP contribution is -1.84. The van der Waals surface area contributed by atoms with Crippen LogP contribution >= 0.6 is 0 Å². The molecule has 0 bridgehead atoms. The van der Waals surface area contributed by atoms with Crippen molar-refractivity contribution in [2.45, 2.75) is 6.92 Å². The Morgan fingerprint density at radius 2 is 2.50 bits per heavy atom. The molecule has 2 nitrogen and oxygen atoms in total. The highest BCUT2D eigenvalue weighted by atomic mass is 16.5. The summed E-state index contributed by atoms with van der Waals surface area (Å²) in [5.41, 5.74) is 0. The van der Waals surface area contributed by atoms with Crippen molar-refractivity contribution in [1.82, 2.24) is 0 Å². The van der Waals surface area contributed by atoms with E-state index in [1.165, 1.54) is 0 Å². The van der Waals surface area contributed by atoms with E-state index in [4.69, 9.17) is 4.74 Å². The largest absolute Gasteiger partial charge is 0.496 e. The molecule has 0 aromatic rings. The highest BCUT2D eigenvalue weighted by Gasteiger charge is 1.77. The second-order valence-corrected chi connectivity index (χ2v) is 1.30. The average molecular weight is 113 g/mol. The van der Waals surface area contributed by atoms with E-state index in [0.717, 1.165) is 6.54 Å². The topological polar surface area (TPSA) is 21.6 Å². The van der Waals surface area contributed by atoms with Crippen molar-refractivity contribution in [2.24, 2.45) is 4.99 Å². The molecule has 46 valence electrons. The van der Waals surface area contributed by atoms with Crippen LogP contribution in [-0.4, -0.2) is 19.9 Å². The molecular formula is C6H11NO. The van der Waals surface area contributed by atoms with E-state index in [0.29, 0.717) is 5.76 Å². The van der Waals surface area contributed by atoms with Gasteiger partial charge in [0.1, 0.15) is 5.76 Å². The molecule has 0 aliphatic rings. The zero-order chi connectivity index (χ0) is 6.41. The molecular weight excluding hydrogens is 102 g/mol. The van der Waals surface area contributed by atoms with Gasteiger partial charge in [0.2, 0.25) is 0 Å². The third-order valence-corrected chi connectivity index (χ3v) is 0.680. The zero-order valence-electron chi connectivity index (χ0n) is 5.35. The Bertz CT molecular complexity index is 96.7. The molecule has 0 saturated heterocycles. The first-order valence-corrected chi connectivity index (χ1v) is 2.54. The van der Waals surface area contributed by atoms with Gasteiger partial charge in [0.15, 0.2) is 0 Å². The third-order valence-electron chi connectivity index (χ3n) is 0.680. The summed E-state index contributed by atoms with van der Waals surface area (Å²) < 4.78 is 4.71. The first kappa shape index (κ1) is 7.21. The molecule has 0 saturated carbocycles. The van der Waals surface area contributed by atoms with Crippen molar-refractivity contribution in [3.63, 3.8) is 0 Å². The molecule has 0 spiro atoms. The predicted octanol–water partition coefficient (Wildman–Crippen LogP) is 1.24. The number of methoxy groups -OCH3 is 1. The Labute approximate surface area is 49.9 Å². The van der Waals surface area contributed by atoms with E-state index in [2.05, 4.69) is 11.6 Å². The van der Waals surface area contributed by atoms with Gasteiger partial charge in [-0.2, -0.15) is 0 Å². The normalized spacial score (nSPS) is 9.75. The van der Waals surface area contributed by atoms with Gasteiger partial charge in [-0.1, -0.05) is 6.58 Å². The molecule has 0 aromatic carbocycles. The van der Waals surface area contributed by atoms with Crippen molar-refractivity contribution in [1.29, 1.82) is 0 Å². The molecule has 0 heterocycles. The Balaban J connectivity index is 3.37. The first-order chi connectivity index (χ1) is 3.81. The zero-order valence-corrected chi connectivity index (χ0v) is 5.35. The second kappa shape index (κ2) is 4.37. The minimum absolute atomic E-state index is 0.604. The Morgan fingerprint density at radius 1 is 1.88 bits per heavy atom. The monoisotopic (exact) mass is 113 g/mol. The van der Waals surface area contributed by atoms with Crippen LogP contribution in [0.25, 0.3) is 0 Å². The standard InChI is InChI=1S/C6H11NO/c1-4-7-5-6(2)8-3/h5H,2,4H2,1,3H3. The lowest BCUT2D eigenvalue weighted by Gasteiger charge is -1.92. The van der Waals surface area contributed by atoms with Crippen LogP contribution in [0.2, 0.25) is 0 Å². The van der Waals surface area contributed by atoms with Gasteiger partial charge in [-0.05, 0) is 6.92 Å². The van der Waals surface area contributed by atoms with E-state index < -0.39 is 0 Å². The highest BCUT2D eigenvalue weighted by molar-refractivity contribution is 5.74. The molecule has 0 unspecified atom stereocenters. The molecule has 0 fully saturated rings. The maximum absolute atomic E-state index is 4.71. The SMILES string of the molecule is C=C(C=NCC)OC. The minimum atomic E-state index is 0.604. The highest BCUT2D eigenvalue weighted by Crippen LogP contribution is 1.82. The lowest BCUT2D eigenvalue weighted by atomic mass is 10.6. The van der Waals surface area contributed by atoms with Crippen LogP contribution in [-0.2, 0) is 4.74 Å². The summed E-state index contributed by atoms with van der Waals surface area (Å²) in [5.74, 6) is 0.604. The molecule has 0 aromatic heterocycles. The predicted molar refractivity (Wildman–Crippen MR) is 35.2 cm³/mol. The number of rotatable bonds is 3. The van der Waals surface area contributed by atoms with Gasteiger partial charge >= 0.3 is 0 Å². The van der Waals surface area contributed by atoms with E-state index in [-0.39, 0.29) is 0 Å². The molecule has 0 atom stereocenters. The summed E-state index contributed by atoms with van der Waals surface area (Å²) in [7, 11) is 1.57. The summed E-state index contributed by atoms with van der Waals surface area (Å²) in [6, 6.07) is 0. The Kier molecular flexibility index (Phi) is 3.94. The van der Waals surface area contributed by atoms with Gasteiger partial charge in [-0.15, -0.1) is 0 Å². The average Bonchev–Trinajstić information content (AvgIpc) is 1.83. The van der Waals surface area contributed by atoms with Crippen LogP contribution in [0.1, 0.15) is 6.92 Å². The number of hydrogen-bond donors (Lipinski definition) is 0. The van der Waals surface area contributed by atoms with Crippen LogP contribution in [0.5, 0.6) is 0 Å². The Hall–Kier alpha value is -0.790. The van der Waals surface area contributed by atoms with Crippen LogP contribution in [0.4, 0.5) is 0 Å². The number of nitrogens with zero attached hydrogens (tertiary/aromatic N) is 1. The summed E-state index contributed by atoms with van der Waals surface area (Å²) in [6.07, 6.45) is 1.61. The molecule has 2 heteroatoms. The van der Waals surface area contributed by atoms with Crippen molar-refractivity contribution in [3.05, 3.63) is 12.3 Å². The third kappa shape index (κ3) is 3.40. The molecule has 0 aliphatic carbocycles. The fraction of sp³-hybridized carbons (Fsp3) is 0.500. The molecule has 0 radical (unpaired) electrons. The molecule has 0 rings (SSSR count). The molecule has 0 aliphatic heterocycles. The maximum Gasteiger partial charge on any atom is 0.129 e. The molecule has 0 amide bonds. The van der Waals surface area contributed by atoms with Crippen LogP contribution in [0.15, 0.2) is 17.3 Å². The minimum Gasteiger partial charge on any atom is -0.496 e. The van der Waals surface area contributed by atoms with Gasteiger partial charge < -0.3 is 4.74 Å². The van der Waals surface area contributed by atoms with Crippen molar-refractivity contribution in [2.75, 3.05) is 13.7 Å². The van der Waals surface area contributed by atoms with Crippen molar-refractivity contribution >= 4 is 6.21 Å². The van der Waals surface area contributed by atoms with E-state index in [9.17, 15) is 0 Å². The Morgan fingerprint density at radius 3 is 2.88 bits per heavy atom. The van der Waals surface area contributed by atoms with E-state index in [1.807, 2.05) is 6.92 Å². The van der Waals surface area contributed by atoms with Crippen LogP contribution < -0.4 is 0 Å². The second-order valence-electron chi connectivity index (χ2n) is 1.30. The summed E-state index contributed by atoms with van der Waals surface area (Å²) in [5, 5.41) is 0. The van der Waals surface area contributed by atoms with Gasteiger partial charge in [-0.3, -0.25) is 4.99 Å². The fourth-order valence-corrected chi connectivity index (χ4v) is 0.246. The number of aliphatic imine (C=N–C) groups is 1. The van der Waals surface area contributed by atoms with E-state index in [1.54, 1.807) is 13.3 Å². The van der Waals surface area contributed by atoms with Gasteiger partial charge in [0.25, 0.3) is 0 Å². The molecule has 8 heavy (non-hydrogen) atoms. The van der Waals surface area contributed by atoms with Gasteiger partial charge in [0, 0.05) is 6.54 Å². The van der Waals surface area contributed by atoms with Crippen molar-refractivity contribution in [3.8, 4) is 0 Å². The number of hydrogen-bond acceptors (Lipinski definition) is 2. The molecule has 0 N–H and O–H groups in total. The summed E-state index contributed by atoms with van der Waals surface area (Å²) >= 11 is 0. The summed E-state index contributed by atoms with van der Waals surface area (Å²) in [6.45, 7) is 6.28. The van der Waals surface area contributed by atoms with Crippen molar-refractivity contribution < 1.29 is 4.74 Å². The van der Waals surface area contributed by atoms with Crippen LogP contribution in [0, 0.1) is 0 Å². The van der Waals surface area contributed by atoms with E-state index >= 15 is 0 Å². The number of ether oxygens (including phenoxy) is 1. The smallest absolute Gasteiger partial charge is 0.129 e.